The van der Waals surface area contributed by atoms with Gasteiger partial charge in [0, 0.05) is 5.56 Å². The van der Waals surface area contributed by atoms with Crippen molar-refractivity contribution in [2.45, 2.75) is 12.4 Å². The van der Waals surface area contributed by atoms with Crippen molar-refractivity contribution in [1.29, 1.82) is 0 Å². The number of carbonyl (C=O) groups excluding carboxylic acids is 1. The number of rotatable bonds is 4. The SMILES string of the molecule is O=C(c1ccccc1)N(Nc1ccc(C(F)(F)F)cc1)c1ccc(C(F)(F)F)cc1. The summed E-state index contributed by atoms with van der Waals surface area (Å²) in [4.78, 5) is 12.9. The molecular formula is C21H14F6N2O. The fraction of sp³-hybridized carbons (Fsp3) is 0.0952. The van der Waals surface area contributed by atoms with Crippen LogP contribution in [0.25, 0.3) is 0 Å². The number of carbonyl (C=O) groups is 1. The van der Waals surface area contributed by atoms with Gasteiger partial charge in [0.15, 0.2) is 0 Å². The zero-order valence-corrected chi connectivity index (χ0v) is 15.1. The minimum Gasteiger partial charge on any atom is -0.291 e. The highest BCUT2D eigenvalue weighted by molar-refractivity contribution is 6.07. The monoisotopic (exact) mass is 424 g/mol. The Balaban J connectivity index is 1.95. The smallest absolute Gasteiger partial charge is 0.291 e. The first-order valence-corrected chi connectivity index (χ1v) is 8.56. The van der Waals surface area contributed by atoms with Crippen LogP contribution in [0.4, 0.5) is 37.7 Å². The number of amides is 1. The number of halogens is 6. The predicted molar refractivity (Wildman–Crippen MR) is 99.8 cm³/mol. The highest BCUT2D eigenvalue weighted by atomic mass is 19.4. The molecule has 3 nitrogen and oxygen atoms in total. The van der Waals surface area contributed by atoms with E-state index >= 15 is 0 Å². The third kappa shape index (κ3) is 4.91. The van der Waals surface area contributed by atoms with E-state index in [0.717, 1.165) is 53.5 Å². The lowest BCUT2D eigenvalue weighted by Crippen LogP contribution is -2.36. The van der Waals surface area contributed by atoms with E-state index < -0.39 is 29.4 Å². The van der Waals surface area contributed by atoms with E-state index in [2.05, 4.69) is 5.43 Å². The van der Waals surface area contributed by atoms with Crippen molar-refractivity contribution in [3.63, 3.8) is 0 Å². The molecule has 3 aromatic rings. The van der Waals surface area contributed by atoms with Crippen LogP contribution in [-0.2, 0) is 12.4 Å². The van der Waals surface area contributed by atoms with Gasteiger partial charge in [0.2, 0.25) is 0 Å². The minimum atomic E-state index is -4.55. The molecule has 156 valence electrons. The maximum atomic E-state index is 12.9. The molecule has 3 aromatic carbocycles. The van der Waals surface area contributed by atoms with E-state index in [0.29, 0.717) is 0 Å². The predicted octanol–water partition coefficient (Wildman–Crippen LogP) is 6.40. The summed E-state index contributed by atoms with van der Waals surface area (Å²) < 4.78 is 76.8. The van der Waals surface area contributed by atoms with Crippen molar-refractivity contribution in [2.24, 2.45) is 0 Å². The van der Waals surface area contributed by atoms with Crippen LogP contribution in [0, 0.1) is 0 Å². The molecule has 1 amide bonds. The molecule has 0 aliphatic carbocycles. The van der Waals surface area contributed by atoms with Crippen molar-refractivity contribution >= 4 is 17.3 Å². The van der Waals surface area contributed by atoms with Crippen LogP contribution in [0.2, 0.25) is 0 Å². The van der Waals surface area contributed by atoms with E-state index in [-0.39, 0.29) is 16.9 Å². The molecule has 0 saturated carbocycles. The van der Waals surface area contributed by atoms with Crippen LogP contribution in [0.1, 0.15) is 21.5 Å². The second-order valence-corrected chi connectivity index (χ2v) is 6.24. The summed E-state index contributed by atoms with van der Waals surface area (Å²) in [5, 5.41) is 0.970. The van der Waals surface area contributed by atoms with E-state index in [1.165, 1.54) is 12.1 Å². The van der Waals surface area contributed by atoms with Gasteiger partial charge in [-0.15, -0.1) is 0 Å². The topological polar surface area (TPSA) is 32.3 Å². The van der Waals surface area contributed by atoms with Crippen molar-refractivity contribution in [1.82, 2.24) is 0 Å². The Morgan fingerprint density at radius 1 is 0.667 bits per heavy atom. The van der Waals surface area contributed by atoms with Gasteiger partial charge >= 0.3 is 12.4 Å². The lowest BCUT2D eigenvalue weighted by atomic mass is 10.1. The lowest BCUT2D eigenvalue weighted by molar-refractivity contribution is -0.138. The third-order valence-corrected chi connectivity index (χ3v) is 4.13. The number of benzene rings is 3. The van der Waals surface area contributed by atoms with Crippen molar-refractivity contribution in [3.05, 3.63) is 95.6 Å². The molecule has 0 atom stereocenters. The molecule has 30 heavy (non-hydrogen) atoms. The zero-order chi connectivity index (χ0) is 21.9. The average molecular weight is 424 g/mol. The molecular weight excluding hydrogens is 410 g/mol. The molecule has 0 fully saturated rings. The maximum Gasteiger partial charge on any atom is 0.416 e. The van der Waals surface area contributed by atoms with Crippen molar-refractivity contribution < 1.29 is 31.1 Å². The fourth-order valence-electron chi connectivity index (χ4n) is 2.60. The molecule has 0 bridgehead atoms. The second kappa shape index (κ2) is 8.10. The lowest BCUT2D eigenvalue weighted by Gasteiger charge is -2.25. The van der Waals surface area contributed by atoms with Crippen molar-refractivity contribution in [2.75, 3.05) is 10.4 Å². The number of anilines is 2. The van der Waals surface area contributed by atoms with Gasteiger partial charge in [0.25, 0.3) is 5.91 Å². The Labute approximate surface area is 167 Å². The Hall–Kier alpha value is -3.49. The number of alkyl halides is 6. The molecule has 1 N–H and O–H groups in total. The van der Waals surface area contributed by atoms with Crippen LogP contribution in [0.15, 0.2) is 78.9 Å². The highest BCUT2D eigenvalue weighted by Crippen LogP contribution is 2.32. The largest absolute Gasteiger partial charge is 0.416 e. The molecule has 0 saturated heterocycles. The van der Waals surface area contributed by atoms with Crippen LogP contribution in [-0.4, -0.2) is 5.91 Å². The molecule has 0 aromatic heterocycles. The third-order valence-electron chi connectivity index (χ3n) is 4.13. The molecule has 3 rings (SSSR count). The number of hydrogen-bond donors (Lipinski definition) is 1. The molecule has 0 heterocycles. The summed E-state index contributed by atoms with van der Waals surface area (Å²) >= 11 is 0. The summed E-state index contributed by atoms with van der Waals surface area (Å²) in [6.45, 7) is 0. The molecule has 0 aliphatic heterocycles. The Kier molecular flexibility index (Phi) is 5.73. The highest BCUT2D eigenvalue weighted by Gasteiger charge is 2.31. The molecule has 0 spiro atoms. The summed E-state index contributed by atoms with van der Waals surface area (Å²) in [6.07, 6.45) is -9.07. The second-order valence-electron chi connectivity index (χ2n) is 6.24. The van der Waals surface area contributed by atoms with Gasteiger partial charge in [0.05, 0.1) is 22.5 Å². The zero-order valence-electron chi connectivity index (χ0n) is 15.1. The number of nitrogens with one attached hydrogen (secondary N) is 1. The van der Waals surface area contributed by atoms with Gasteiger partial charge in [0.1, 0.15) is 0 Å². The van der Waals surface area contributed by atoms with Gasteiger partial charge < -0.3 is 0 Å². The van der Waals surface area contributed by atoms with E-state index in [1.807, 2.05) is 0 Å². The first kappa shape index (κ1) is 21.2. The quantitative estimate of drug-likeness (QED) is 0.388. The normalized spacial score (nSPS) is 11.8. The molecule has 9 heteroatoms. The van der Waals surface area contributed by atoms with Gasteiger partial charge in [-0.3, -0.25) is 10.2 Å². The fourth-order valence-corrected chi connectivity index (χ4v) is 2.60. The Bertz CT molecular complexity index is 997. The number of nitrogens with zero attached hydrogens (tertiary/aromatic N) is 1. The van der Waals surface area contributed by atoms with Crippen LogP contribution in [0.3, 0.4) is 0 Å². The van der Waals surface area contributed by atoms with E-state index in [1.54, 1.807) is 18.2 Å². The first-order chi connectivity index (χ1) is 14.1. The maximum absolute atomic E-state index is 12.9. The number of hydrogen-bond acceptors (Lipinski definition) is 2. The minimum absolute atomic E-state index is 0.0803. The van der Waals surface area contributed by atoms with Crippen molar-refractivity contribution in [3.8, 4) is 0 Å². The standard InChI is InChI=1S/C21H14F6N2O/c22-20(23,24)15-6-10-17(11-7-15)28-29(19(30)14-4-2-1-3-5-14)18-12-8-16(9-13-18)21(25,26)27/h1-13,28H. The van der Waals surface area contributed by atoms with Gasteiger partial charge in [-0.1, -0.05) is 18.2 Å². The van der Waals surface area contributed by atoms with Gasteiger partial charge in [-0.05, 0) is 60.7 Å². The molecule has 0 aliphatic rings. The summed E-state index contributed by atoms with van der Waals surface area (Å²) in [5.74, 6) is -0.602. The molecule has 0 unspecified atom stereocenters. The van der Waals surface area contributed by atoms with Crippen LogP contribution in [0.5, 0.6) is 0 Å². The molecule has 0 radical (unpaired) electrons. The van der Waals surface area contributed by atoms with Crippen LogP contribution >= 0.6 is 0 Å². The Morgan fingerprint density at radius 2 is 1.13 bits per heavy atom. The average Bonchev–Trinajstić information content (AvgIpc) is 2.71. The van der Waals surface area contributed by atoms with Crippen LogP contribution < -0.4 is 10.4 Å². The van der Waals surface area contributed by atoms with Gasteiger partial charge in [-0.2, -0.15) is 26.3 Å². The summed E-state index contributed by atoms with van der Waals surface area (Å²) in [6, 6.07) is 15.7. The summed E-state index contributed by atoms with van der Waals surface area (Å²) in [5.41, 5.74) is 1.36. The Morgan fingerprint density at radius 3 is 1.60 bits per heavy atom. The van der Waals surface area contributed by atoms with Gasteiger partial charge in [-0.25, -0.2) is 5.01 Å². The summed E-state index contributed by atoms with van der Waals surface area (Å²) in [7, 11) is 0. The first-order valence-electron chi connectivity index (χ1n) is 8.56. The number of hydrazine groups is 1. The van der Waals surface area contributed by atoms with E-state index in [9.17, 15) is 31.1 Å². The van der Waals surface area contributed by atoms with E-state index in [4.69, 9.17) is 0 Å².